The van der Waals surface area contributed by atoms with Crippen LogP contribution in [0.2, 0.25) is 5.02 Å². The van der Waals surface area contributed by atoms with E-state index in [-0.39, 0.29) is 5.91 Å². The van der Waals surface area contributed by atoms with Gasteiger partial charge in [0.2, 0.25) is 0 Å². The monoisotopic (exact) mass is 507 g/mol. The average molecular weight is 508 g/mol. The van der Waals surface area contributed by atoms with Crippen LogP contribution >= 0.6 is 35.1 Å². The van der Waals surface area contributed by atoms with Gasteiger partial charge in [0.1, 0.15) is 11.4 Å². The Morgan fingerprint density at radius 3 is 2.44 bits per heavy atom. The van der Waals surface area contributed by atoms with E-state index in [1.54, 1.807) is 18.3 Å². The highest BCUT2D eigenvalue weighted by molar-refractivity contribution is 7.99. The number of nitrogens with zero attached hydrogens (tertiary/aromatic N) is 2. The van der Waals surface area contributed by atoms with Gasteiger partial charge in [0.15, 0.2) is 5.16 Å². The molecule has 5 nitrogen and oxygen atoms in total. The number of carbonyl (C=O) groups excluding carboxylic acids is 1. The zero-order valence-electron chi connectivity index (χ0n) is 18.4. The molecule has 1 heterocycles. The Hall–Kier alpha value is -3.00. The maximum Gasteiger partial charge on any atom is 0.275 e. The van der Waals surface area contributed by atoms with Crippen molar-refractivity contribution in [1.29, 1.82) is 0 Å². The molecular formula is C26H22ClN3O2S2. The van der Waals surface area contributed by atoms with Crippen LogP contribution in [0.5, 0.6) is 5.75 Å². The lowest BCUT2D eigenvalue weighted by Crippen LogP contribution is -2.16. The van der Waals surface area contributed by atoms with Crippen molar-refractivity contribution in [1.82, 2.24) is 9.97 Å². The predicted octanol–water partition coefficient (Wildman–Crippen LogP) is 7.22. The summed E-state index contributed by atoms with van der Waals surface area (Å²) in [6, 6.07) is 24.8. The van der Waals surface area contributed by atoms with Gasteiger partial charge >= 0.3 is 0 Å². The lowest BCUT2D eigenvalue weighted by atomic mass is 10.2. The summed E-state index contributed by atoms with van der Waals surface area (Å²) in [6.45, 7) is 2.51. The molecule has 0 atom stereocenters. The molecule has 1 N–H and O–H groups in total. The molecule has 0 unspecified atom stereocenters. The van der Waals surface area contributed by atoms with Gasteiger partial charge in [0.25, 0.3) is 5.91 Å². The molecule has 0 fully saturated rings. The molecule has 0 aliphatic heterocycles. The Bertz CT molecular complexity index is 1240. The first-order valence-electron chi connectivity index (χ1n) is 10.6. The van der Waals surface area contributed by atoms with Gasteiger partial charge < -0.3 is 10.1 Å². The fraction of sp³-hybridized carbons (Fsp3) is 0.115. The second-order valence-corrected chi connectivity index (χ2v) is 9.60. The molecule has 4 rings (SSSR count). The number of halogens is 1. The summed E-state index contributed by atoms with van der Waals surface area (Å²) in [5.41, 5.74) is 2.14. The number of amides is 1. The molecule has 34 heavy (non-hydrogen) atoms. The summed E-state index contributed by atoms with van der Waals surface area (Å²) in [6.07, 6.45) is 1.70. The SMILES string of the molecule is CCOc1ccc(NC(=O)c2nc(SCc3ccccc3)ncc2Sc2ccc(Cl)cc2)cc1. The highest BCUT2D eigenvalue weighted by atomic mass is 35.5. The molecule has 1 amide bonds. The summed E-state index contributed by atoms with van der Waals surface area (Å²) in [4.78, 5) is 24.0. The third-order valence-corrected chi connectivity index (χ3v) is 6.83. The minimum Gasteiger partial charge on any atom is -0.494 e. The number of benzene rings is 3. The molecule has 4 aromatic rings. The molecule has 0 bridgehead atoms. The molecule has 0 saturated carbocycles. The molecule has 172 valence electrons. The molecule has 1 aromatic heterocycles. The number of anilines is 1. The van der Waals surface area contributed by atoms with Crippen LogP contribution in [0.4, 0.5) is 5.69 Å². The van der Waals surface area contributed by atoms with E-state index in [0.29, 0.717) is 38.8 Å². The van der Waals surface area contributed by atoms with Crippen LogP contribution in [0.25, 0.3) is 0 Å². The Morgan fingerprint density at radius 2 is 1.74 bits per heavy atom. The smallest absolute Gasteiger partial charge is 0.275 e. The Kier molecular flexibility index (Phi) is 8.46. The van der Waals surface area contributed by atoms with Crippen molar-refractivity contribution in [3.8, 4) is 5.75 Å². The van der Waals surface area contributed by atoms with Crippen molar-refractivity contribution >= 4 is 46.7 Å². The van der Waals surface area contributed by atoms with E-state index in [4.69, 9.17) is 16.3 Å². The van der Waals surface area contributed by atoms with E-state index in [1.165, 1.54) is 23.5 Å². The Balaban J connectivity index is 1.57. The van der Waals surface area contributed by atoms with Gasteiger partial charge in [-0.3, -0.25) is 4.79 Å². The first-order chi connectivity index (χ1) is 16.6. The predicted molar refractivity (Wildman–Crippen MR) is 139 cm³/mol. The third-order valence-electron chi connectivity index (χ3n) is 4.62. The van der Waals surface area contributed by atoms with E-state index in [0.717, 1.165) is 16.2 Å². The highest BCUT2D eigenvalue weighted by Gasteiger charge is 2.17. The lowest BCUT2D eigenvalue weighted by Gasteiger charge is -2.11. The molecule has 0 radical (unpaired) electrons. The van der Waals surface area contributed by atoms with E-state index >= 15 is 0 Å². The van der Waals surface area contributed by atoms with E-state index in [2.05, 4.69) is 27.4 Å². The summed E-state index contributed by atoms with van der Waals surface area (Å²) < 4.78 is 5.47. The molecular weight excluding hydrogens is 486 g/mol. The van der Waals surface area contributed by atoms with Crippen LogP contribution < -0.4 is 10.1 Å². The van der Waals surface area contributed by atoms with Crippen molar-refractivity contribution in [2.45, 2.75) is 27.6 Å². The number of thioether (sulfide) groups is 1. The summed E-state index contributed by atoms with van der Waals surface area (Å²) in [5, 5.41) is 4.13. The largest absolute Gasteiger partial charge is 0.494 e. The van der Waals surface area contributed by atoms with Gasteiger partial charge in [-0.25, -0.2) is 9.97 Å². The number of carbonyl (C=O) groups is 1. The average Bonchev–Trinajstić information content (AvgIpc) is 2.86. The standard InChI is InChI=1S/C26H22ClN3O2S2/c1-2-32-21-12-10-20(11-13-21)29-25(31)24-23(34-22-14-8-19(27)9-15-22)16-28-26(30-24)33-17-18-6-4-3-5-7-18/h3-16H,2,17H2,1H3,(H,29,31). The maximum absolute atomic E-state index is 13.2. The molecule has 0 spiro atoms. The fourth-order valence-corrected chi connectivity index (χ4v) is 4.77. The molecule has 8 heteroatoms. The van der Waals surface area contributed by atoms with Gasteiger partial charge in [-0.1, -0.05) is 65.5 Å². The van der Waals surface area contributed by atoms with Crippen molar-refractivity contribution in [2.24, 2.45) is 0 Å². The number of hydrogen-bond donors (Lipinski definition) is 1. The van der Waals surface area contributed by atoms with Crippen LogP contribution in [0.1, 0.15) is 23.0 Å². The maximum atomic E-state index is 13.2. The number of rotatable bonds is 9. The van der Waals surface area contributed by atoms with Crippen LogP contribution in [-0.2, 0) is 5.75 Å². The Labute approximate surface area is 212 Å². The van der Waals surface area contributed by atoms with Crippen LogP contribution in [0.15, 0.2) is 100 Å². The molecule has 0 aliphatic rings. The van der Waals surface area contributed by atoms with Crippen molar-refractivity contribution in [3.63, 3.8) is 0 Å². The molecule has 0 saturated heterocycles. The number of hydrogen-bond acceptors (Lipinski definition) is 6. The van der Waals surface area contributed by atoms with Crippen LogP contribution in [0.3, 0.4) is 0 Å². The van der Waals surface area contributed by atoms with Crippen LogP contribution in [0, 0.1) is 0 Å². The highest BCUT2D eigenvalue weighted by Crippen LogP contribution is 2.32. The molecule has 3 aromatic carbocycles. The third kappa shape index (κ3) is 6.76. The second-order valence-electron chi connectivity index (χ2n) is 7.11. The molecule has 0 aliphatic carbocycles. The first-order valence-corrected chi connectivity index (χ1v) is 12.8. The van der Waals surface area contributed by atoms with Gasteiger partial charge in [0.05, 0.1) is 11.5 Å². The Morgan fingerprint density at radius 1 is 1.00 bits per heavy atom. The van der Waals surface area contributed by atoms with Crippen molar-refractivity contribution in [3.05, 3.63) is 101 Å². The summed E-state index contributed by atoms with van der Waals surface area (Å²) in [7, 11) is 0. The van der Waals surface area contributed by atoms with E-state index in [9.17, 15) is 4.79 Å². The minimum absolute atomic E-state index is 0.301. The quantitative estimate of drug-likeness (QED) is 0.190. The van der Waals surface area contributed by atoms with Gasteiger partial charge in [-0.05, 0) is 61.0 Å². The number of nitrogens with one attached hydrogen (secondary N) is 1. The zero-order valence-corrected chi connectivity index (χ0v) is 20.8. The topological polar surface area (TPSA) is 64.1 Å². The summed E-state index contributed by atoms with van der Waals surface area (Å²) >= 11 is 8.92. The fourth-order valence-electron chi connectivity index (χ4n) is 3.00. The minimum atomic E-state index is -0.301. The zero-order chi connectivity index (χ0) is 23.8. The normalized spacial score (nSPS) is 10.6. The van der Waals surface area contributed by atoms with E-state index in [1.807, 2.05) is 61.5 Å². The van der Waals surface area contributed by atoms with Gasteiger partial charge in [0, 0.05) is 27.6 Å². The van der Waals surface area contributed by atoms with Crippen molar-refractivity contribution in [2.75, 3.05) is 11.9 Å². The number of ether oxygens (including phenoxy) is 1. The lowest BCUT2D eigenvalue weighted by molar-refractivity contribution is 0.101. The van der Waals surface area contributed by atoms with Gasteiger partial charge in [-0.2, -0.15) is 0 Å². The van der Waals surface area contributed by atoms with E-state index < -0.39 is 0 Å². The van der Waals surface area contributed by atoms with Crippen LogP contribution in [-0.4, -0.2) is 22.5 Å². The first kappa shape index (κ1) is 24.1. The van der Waals surface area contributed by atoms with Gasteiger partial charge in [-0.15, -0.1) is 0 Å². The van der Waals surface area contributed by atoms with Crippen molar-refractivity contribution < 1.29 is 9.53 Å². The second kappa shape index (κ2) is 11.9. The summed E-state index contributed by atoms with van der Waals surface area (Å²) in [5.74, 6) is 1.16. The number of aromatic nitrogens is 2.